The number of sulfonamides is 1. The summed E-state index contributed by atoms with van der Waals surface area (Å²) in [6.07, 6.45) is 4.88. The van der Waals surface area contributed by atoms with Crippen LogP contribution in [0.3, 0.4) is 0 Å². The molecule has 1 unspecified atom stereocenters. The highest BCUT2D eigenvalue weighted by Gasteiger charge is 2.24. The molecule has 2 aromatic rings. The largest absolute Gasteiger partial charge is 0.356 e. The number of hydrogen-bond acceptors (Lipinski definition) is 3. The van der Waals surface area contributed by atoms with Gasteiger partial charge in [0.05, 0.1) is 0 Å². The van der Waals surface area contributed by atoms with Crippen molar-refractivity contribution in [3.05, 3.63) is 53.9 Å². The van der Waals surface area contributed by atoms with Crippen LogP contribution in [0.15, 0.2) is 47.5 Å². The lowest BCUT2D eigenvalue weighted by Gasteiger charge is -2.14. The molecule has 1 atom stereocenters. The zero-order chi connectivity index (χ0) is 18.6. The first-order chi connectivity index (χ1) is 12.5. The summed E-state index contributed by atoms with van der Waals surface area (Å²) in [5, 5.41) is 0. The lowest BCUT2D eigenvalue weighted by molar-refractivity contribution is 0.0787. The Morgan fingerprint density at radius 3 is 2.62 bits per heavy atom. The zero-order valence-electron chi connectivity index (χ0n) is 14.9. The van der Waals surface area contributed by atoms with Crippen molar-refractivity contribution in [2.24, 2.45) is 0 Å². The fourth-order valence-electron chi connectivity index (χ4n) is 3.16. The number of aromatic amines is 1. The van der Waals surface area contributed by atoms with Crippen molar-refractivity contribution < 1.29 is 13.2 Å². The van der Waals surface area contributed by atoms with E-state index >= 15 is 0 Å². The van der Waals surface area contributed by atoms with Crippen molar-refractivity contribution in [1.82, 2.24) is 14.6 Å². The van der Waals surface area contributed by atoms with E-state index in [-0.39, 0.29) is 16.8 Å². The second-order valence-corrected chi connectivity index (χ2v) is 8.51. The molecule has 6 nitrogen and oxygen atoms in total. The highest BCUT2D eigenvalue weighted by Crippen LogP contribution is 2.16. The Balaban J connectivity index is 1.60. The van der Waals surface area contributed by atoms with Gasteiger partial charge in [0.2, 0.25) is 10.0 Å². The lowest BCUT2D eigenvalue weighted by atomic mass is 10.1. The van der Waals surface area contributed by atoms with Gasteiger partial charge in [-0.25, -0.2) is 13.1 Å². The van der Waals surface area contributed by atoms with Crippen LogP contribution in [0.1, 0.15) is 42.2 Å². The Bertz CT molecular complexity index is 840. The van der Waals surface area contributed by atoms with Gasteiger partial charge in [0, 0.05) is 25.3 Å². The molecular weight excluding hydrogens is 350 g/mol. The normalized spacial score (nSPS) is 16.0. The third kappa shape index (κ3) is 4.53. The van der Waals surface area contributed by atoms with Crippen molar-refractivity contribution in [3.63, 3.8) is 0 Å². The van der Waals surface area contributed by atoms with Crippen LogP contribution in [0.4, 0.5) is 0 Å². The summed E-state index contributed by atoms with van der Waals surface area (Å²) >= 11 is 0. The molecule has 1 saturated heterocycles. The summed E-state index contributed by atoms with van der Waals surface area (Å²) in [6.45, 7) is 3.31. The Labute approximate surface area is 154 Å². The second kappa shape index (κ2) is 8.05. The number of likely N-dealkylation sites (tertiary alicyclic amines) is 1. The highest BCUT2D eigenvalue weighted by atomic mass is 32.2. The maximum atomic E-state index is 12.6. The molecule has 0 bridgehead atoms. The van der Waals surface area contributed by atoms with E-state index in [1.807, 2.05) is 37.3 Å². The number of carbonyl (C=O) groups excluding carboxylic acids is 1. The van der Waals surface area contributed by atoms with E-state index in [1.165, 1.54) is 17.8 Å². The van der Waals surface area contributed by atoms with Crippen molar-refractivity contribution in [3.8, 4) is 0 Å². The van der Waals surface area contributed by atoms with Gasteiger partial charge in [-0.05, 0) is 44.2 Å². The molecule has 0 spiro atoms. The van der Waals surface area contributed by atoms with Crippen LogP contribution in [0.2, 0.25) is 0 Å². The minimum atomic E-state index is -3.65. The van der Waals surface area contributed by atoms with Gasteiger partial charge in [-0.3, -0.25) is 4.79 Å². The molecule has 140 valence electrons. The van der Waals surface area contributed by atoms with Crippen LogP contribution in [-0.2, 0) is 16.4 Å². The van der Waals surface area contributed by atoms with Gasteiger partial charge in [0.25, 0.3) is 5.91 Å². The molecule has 26 heavy (non-hydrogen) atoms. The number of amides is 1. The molecule has 0 aliphatic carbocycles. The number of carbonyl (C=O) groups is 1. The van der Waals surface area contributed by atoms with E-state index in [9.17, 15) is 13.2 Å². The van der Waals surface area contributed by atoms with E-state index in [0.29, 0.717) is 12.1 Å². The quantitative estimate of drug-likeness (QED) is 0.780. The highest BCUT2D eigenvalue weighted by molar-refractivity contribution is 7.89. The molecule has 0 radical (unpaired) electrons. The SMILES string of the molecule is CC(CCc1ccccc1)NS(=O)(=O)c1c[nH]c(C(=O)N2CCCC2)c1. The molecule has 1 aromatic heterocycles. The molecule has 0 saturated carbocycles. The van der Waals surface area contributed by atoms with Gasteiger partial charge in [-0.1, -0.05) is 30.3 Å². The monoisotopic (exact) mass is 375 g/mol. The topological polar surface area (TPSA) is 82.3 Å². The van der Waals surface area contributed by atoms with Gasteiger partial charge in [0.1, 0.15) is 10.6 Å². The second-order valence-electron chi connectivity index (χ2n) is 6.79. The van der Waals surface area contributed by atoms with Crippen LogP contribution < -0.4 is 4.72 Å². The predicted octanol–water partition coefficient (Wildman–Crippen LogP) is 2.55. The van der Waals surface area contributed by atoms with Crippen molar-refractivity contribution >= 4 is 15.9 Å². The van der Waals surface area contributed by atoms with Crippen LogP contribution >= 0.6 is 0 Å². The molecule has 1 aliphatic rings. The molecule has 7 heteroatoms. The number of nitrogens with zero attached hydrogens (tertiary/aromatic N) is 1. The third-order valence-corrected chi connectivity index (χ3v) is 6.22. The first-order valence-electron chi connectivity index (χ1n) is 8.99. The smallest absolute Gasteiger partial charge is 0.270 e. The fourth-order valence-corrected chi connectivity index (χ4v) is 4.43. The van der Waals surface area contributed by atoms with E-state index < -0.39 is 10.0 Å². The van der Waals surface area contributed by atoms with Crippen LogP contribution in [-0.4, -0.2) is 43.3 Å². The summed E-state index contributed by atoms with van der Waals surface area (Å²) in [4.78, 5) is 17.0. The minimum Gasteiger partial charge on any atom is -0.356 e. The van der Waals surface area contributed by atoms with E-state index in [4.69, 9.17) is 0 Å². The van der Waals surface area contributed by atoms with Gasteiger partial charge in [-0.15, -0.1) is 0 Å². The summed E-state index contributed by atoms with van der Waals surface area (Å²) in [6, 6.07) is 11.2. The Morgan fingerprint density at radius 2 is 1.92 bits per heavy atom. The number of hydrogen-bond donors (Lipinski definition) is 2. The number of aromatic nitrogens is 1. The molecular formula is C19H25N3O3S. The Kier molecular flexibility index (Phi) is 5.78. The van der Waals surface area contributed by atoms with E-state index in [0.717, 1.165) is 32.4 Å². The Hall–Kier alpha value is -2.12. The fraction of sp³-hybridized carbons (Fsp3) is 0.421. The molecule has 1 amide bonds. The summed E-state index contributed by atoms with van der Waals surface area (Å²) in [7, 11) is -3.65. The van der Waals surface area contributed by atoms with Crippen LogP contribution in [0, 0.1) is 0 Å². The van der Waals surface area contributed by atoms with Gasteiger partial charge in [-0.2, -0.15) is 0 Å². The first kappa shape index (κ1) is 18.7. The molecule has 3 rings (SSSR count). The molecule has 1 aliphatic heterocycles. The number of benzene rings is 1. The molecule has 1 aromatic carbocycles. The van der Waals surface area contributed by atoms with Crippen LogP contribution in [0.5, 0.6) is 0 Å². The van der Waals surface area contributed by atoms with E-state index in [2.05, 4.69) is 9.71 Å². The molecule has 1 fully saturated rings. The van der Waals surface area contributed by atoms with E-state index in [1.54, 1.807) is 4.90 Å². The third-order valence-electron chi connectivity index (χ3n) is 4.66. The number of aryl methyl sites for hydroxylation is 1. The summed E-state index contributed by atoms with van der Waals surface area (Å²) in [5.41, 5.74) is 1.50. The van der Waals surface area contributed by atoms with Crippen molar-refractivity contribution in [1.29, 1.82) is 0 Å². The van der Waals surface area contributed by atoms with Gasteiger partial charge < -0.3 is 9.88 Å². The Morgan fingerprint density at radius 1 is 1.23 bits per heavy atom. The number of rotatable bonds is 7. The maximum Gasteiger partial charge on any atom is 0.270 e. The maximum absolute atomic E-state index is 12.6. The average Bonchev–Trinajstić information content (AvgIpc) is 3.32. The zero-order valence-corrected chi connectivity index (χ0v) is 15.8. The lowest BCUT2D eigenvalue weighted by Crippen LogP contribution is -2.32. The number of H-pyrrole nitrogens is 1. The number of nitrogens with one attached hydrogen (secondary N) is 2. The van der Waals surface area contributed by atoms with Crippen LogP contribution in [0.25, 0.3) is 0 Å². The average molecular weight is 375 g/mol. The summed E-state index contributed by atoms with van der Waals surface area (Å²) in [5.74, 6) is -0.138. The summed E-state index contributed by atoms with van der Waals surface area (Å²) < 4.78 is 27.8. The first-order valence-corrected chi connectivity index (χ1v) is 10.5. The molecule has 2 N–H and O–H groups in total. The predicted molar refractivity (Wildman–Crippen MR) is 100 cm³/mol. The standard InChI is InChI=1S/C19H25N3O3S/c1-15(9-10-16-7-3-2-4-8-16)21-26(24,25)17-13-18(20-14-17)19(23)22-11-5-6-12-22/h2-4,7-8,13-15,20-21H,5-6,9-12H2,1H3. The molecule has 2 heterocycles. The van der Waals surface area contributed by atoms with Gasteiger partial charge >= 0.3 is 0 Å². The minimum absolute atomic E-state index is 0.103. The van der Waals surface area contributed by atoms with Crippen molar-refractivity contribution in [2.45, 2.75) is 43.5 Å². The van der Waals surface area contributed by atoms with Gasteiger partial charge in [0.15, 0.2) is 0 Å². The van der Waals surface area contributed by atoms with Crippen molar-refractivity contribution in [2.75, 3.05) is 13.1 Å².